The number of aromatic nitrogens is 2. The molecule has 1 heterocycles. The van der Waals surface area contributed by atoms with Crippen molar-refractivity contribution in [3.8, 4) is 11.5 Å². The highest BCUT2D eigenvalue weighted by Gasteiger charge is 2.18. The van der Waals surface area contributed by atoms with Crippen LogP contribution >= 0.6 is 0 Å². The van der Waals surface area contributed by atoms with Crippen molar-refractivity contribution in [2.24, 2.45) is 0 Å². The van der Waals surface area contributed by atoms with Crippen LogP contribution in [0, 0.1) is 0 Å². The molecule has 0 atom stereocenters. The third-order valence-electron chi connectivity index (χ3n) is 4.96. The van der Waals surface area contributed by atoms with Gasteiger partial charge in [0.05, 0.1) is 19.6 Å². The molecule has 32 heavy (non-hydrogen) atoms. The second-order valence-corrected chi connectivity index (χ2v) is 7.14. The summed E-state index contributed by atoms with van der Waals surface area (Å²) in [5.74, 6) is -0.315. The van der Waals surface area contributed by atoms with E-state index in [0.29, 0.717) is 28.8 Å². The Morgan fingerprint density at radius 2 is 1.56 bits per heavy atom. The minimum Gasteiger partial charge on any atom is -0.497 e. The molecule has 0 bridgehead atoms. The number of rotatable bonds is 8. The summed E-state index contributed by atoms with van der Waals surface area (Å²) in [7, 11) is 2.95. The summed E-state index contributed by atoms with van der Waals surface area (Å²) in [5.41, 5.74) is 4.80. The first-order chi connectivity index (χ1) is 15.5. The molecule has 3 aromatic rings. The highest BCUT2D eigenvalue weighted by atomic mass is 16.5. The number of nitrogens with one attached hydrogen (secondary N) is 2. The van der Waals surface area contributed by atoms with Crippen molar-refractivity contribution in [1.29, 1.82) is 0 Å². The SMILES string of the molecule is CCCCCn1nc(C(=O)NNC(=O)c2cc(OC)cc(OC)c2)c2ccccc2c1=O. The maximum Gasteiger partial charge on any atom is 0.290 e. The number of carbonyl (C=O) groups is 2. The molecule has 9 heteroatoms. The molecule has 2 N–H and O–H groups in total. The maximum absolute atomic E-state index is 12.9. The Kier molecular flexibility index (Phi) is 7.43. The summed E-state index contributed by atoms with van der Waals surface area (Å²) in [5, 5.41) is 5.09. The number of benzene rings is 2. The van der Waals surface area contributed by atoms with Gasteiger partial charge in [-0.2, -0.15) is 5.10 Å². The van der Waals surface area contributed by atoms with E-state index in [0.717, 1.165) is 19.3 Å². The molecule has 2 amide bonds. The Hall–Kier alpha value is -3.88. The molecule has 0 saturated carbocycles. The van der Waals surface area contributed by atoms with E-state index in [4.69, 9.17) is 9.47 Å². The minimum absolute atomic E-state index is 0.0558. The summed E-state index contributed by atoms with van der Waals surface area (Å²) in [4.78, 5) is 38.2. The summed E-state index contributed by atoms with van der Waals surface area (Å²) >= 11 is 0. The Bertz CT molecular complexity index is 1170. The number of hydrogen-bond acceptors (Lipinski definition) is 6. The molecule has 3 rings (SSSR count). The van der Waals surface area contributed by atoms with Crippen LogP contribution in [0.2, 0.25) is 0 Å². The number of hydrazine groups is 1. The molecule has 168 valence electrons. The number of aryl methyl sites for hydroxylation is 1. The van der Waals surface area contributed by atoms with E-state index < -0.39 is 11.8 Å². The number of fused-ring (bicyclic) bond motifs is 1. The summed E-state index contributed by atoms with van der Waals surface area (Å²) in [6.45, 7) is 2.48. The van der Waals surface area contributed by atoms with Gasteiger partial charge in [0.1, 0.15) is 11.5 Å². The second kappa shape index (κ2) is 10.4. The minimum atomic E-state index is -0.631. The van der Waals surface area contributed by atoms with Crippen molar-refractivity contribution in [3.05, 3.63) is 64.1 Å². The molecule has 0 radical (unpaired) electrons. The molecule has 0 spiro atoms. The molecule has 0 fully saturated rings. The lowest BCUT2D eigenvalue weighted by atomic mass is 10.1. The summed E-state index contributed by atoms with van der Waals surface area (Å²) in [6.07, 6.45) is 2.72. The zero-order valence-electron chi connectivity index (χ0n) is 18.3. The zero-order chi connectivity index (χ0) is 23.1. The molecule has 0 unspecified atom stereocenters. The van der Waals surface area contributed by atoms with Crippen molar-refractivity contribution in [2.75, 3.05) is 14.2 Å². The van der Waals surface area contributed by atoms with Crippen LogP contribution in [-0.2, 0) is 6.54 Å². The summed E-state index contributed by atoms with van der Waals surface area (Å²) < 4.78 is 11.6. The van der Waals surface area contributed by atoms with Crippen LogP contribution in [0.3, 0.4) is 0 Å². The third kappa shape index (κ3) is 5.05. The molecular weight excluding hydrogens is 412 g/mol. The van der Waals surface area contributed by atoms with E-state index in [1.54, 1.807) is 30.3 Å². The van der Waals surface area contributed by atoms with Crippen LogP contribution in [0.4, 0.5) is 0 Å². The van der Waals surface area contributed by atoms with Crippen LogP contribution in [0.25, 0.3) is 10.8 Å². The average Bonchev–Trinajstić information content (AvgIpc) is 2.83. The highest BCUT2D eigenvalue weighted by Crippen LogP contribution is 2.22. The van der Waals surface area contributed by atoms with Gasteiger partial charge in [0, 0.05) is 23.6 Å². The van der Waals surface area contributed by atoms with Gasteiger partial charge in [-0.3, -0.25) is 25.2 Å². The lowest BCUT2D eigenvalue weighted by molar-refractivity contribution is 0.0843. The third-order valence-corrected chi connectivity index (χ3v) is 4.96. The van der Waals surface area contributed by atoms with E-state index in [9.17, 15) is 14.4 Å². The normalized spacial score (nSPS) is 10.6. The van der Waals surface area contributed by atoms with Gasteiger partial charge in [0.15, 0.2) is 5.69 Å². The number of unbranched alkanes of at least 4 members (excludes halogenated alkanes) is 2. The first kappa shape index (κ1) is 22.8. The largest absolute Gasteiger partial charge is 0.497 e. The average molecular weight is 438 g/mol. The molecule has 0 aliphatic carbocycles. The van der Waals surface area contributed by atoms with Crippen molar-refractivity contribution >= 4 is 22.6 Å². The Morgan fingerprint density at radius 3 is 2.19 bits per heavy atom. The van der Waals surface area contributed by atoms with Crippen LogP contribution < -0.4 is 25.9 Å². The molecule has 0 aliphatic heterocycles. The van der Waals surface area contributed by atoms with Crippen LogP contribution in [0.5, 0.6) is 11.5 Å². The quantitative estimate of drug-likeness (QED) is 0.413. The van der Waals surface area contributed by atoms with E-state index in [1.807, 2.05) is 0 Å². The number of ether oxygens (including phenoxy) is 2. The zero-order valence-corrected chi connectivity index (χ0v) is 18.3. The maximum atomic E-state index is 12.9. The van der Waals surface area contributed by atoms with Crippen LogP contribution in [-0.4, -0.2) is 35.8 Å². The van der Waals surface area contributed by atoms with E-state index in [1.165, 1.54) is 31.0 Å². The number of methoxy groups -OCH3 is 2. The predicted molar refractivity (Wildman–Crippen MR) is 120 cm³/mol. The van der Waals surface area contributed by atoms with Crippen LogP contribution in [0.15, 0.2) is 47.3 Å². The number of hydrogen-bond donors (Lipinski definition) is 2. The summed E-state index contributed by atoms with van der Waals surface area (Å²) in [6, 6.07) is 11.4. The molecule has 1 aromatic heterocycles. The van der Waals surface area contributed by atoms with Gasteiger partial charge in [-0.05, 0) is 24.6 Å². The smallest absolute Gasteiger partial charge is 0.290 e. The lowest BCUT2D eigenvalue weighted by Crippen LogP contribution is -2.42. The Balaban J connectivity index is 1.84. The standard InChI is InChI=1S/C23H26N4O5/c1-4-5-8-11-27-23(30)19-10-7-6-9-18(19)20(26-27)22(29)25-24-21(28)15-12-16(31-2)14-17(13-15)32-3/h6-7,9-10,12-14H,4-5,8,11H2,1-3H3,(H,24,28)(H,25,29). The second-order valence-electron chi connectivity index (χ2n) is 7.14. The van der Waals surface area contributed by atoms with Gasteiger partial charge in [-0.1, -0.05) is 38.0 Å². The first-order valence-corrected chi connectivity index (χ1v) is 10.3. The van der Waals surface area contributed by atoms with E-state index >= 15 is 0 Å². The van der Waals surface area contributed by atoms with Crippen LogP contribution in [0.1, 0.15) is 47.0 Å². The number of amides is 2. The van der Waals surface area contributed by atoms with E-state index in [2.05, 4.69) is 22.9 Å². The van der Waals surface area contributed by atoms with Crippen molar-refractivity contribution in [2.45, 2.75) is 32.7 Å². The molecular formula is C23H26N4O5. The van der Waals surface area contributed by atoms with Gasteiger partial charge in [0.2, 0.25) is 0 Å². The van der Waals surface area contributed by atoms with E-state index in [-0.39, 0.29) is 16.8 Å². The van der Waals surface area contributed by atoms with Gasteiger partial charge < -0.3 is 9.47 Å². The topological polar surface area (TPSA) is 112 Å². The molecule has 2 aromatic carbocycles. The number of carbonyl (C=O) groups excluding carboxylic acids is 2. The lowest BCUT2D eigenvalue weighted by Gasteiger charge is -2.12. The van der Waals surface area contributed by atoms with Gasteiger partial charge in [-0.25, -0.2) is 4.68 Å². The monoisotopic (exact) mass is 438 g/mol. The Morgan fingerprint density at radius 1 is 0.938 bits per heavy atom. The van der Waals surface area contributed by atoms with Gasteiger partial charge in [0.25, 0.3) is 17.4 Å². The van der Waals surface area contributed by atoms with Gasteiger partial charge in [-0.15, -0.1) is 0 Å². The highest BCUT2D eigenvalue weighted by molar-refractivity contribution is 6.06. The fourth-order valence-corrected chi connectivity index (χ4v) is 3.25. The van der Waals surface area contributed by atoms with Gasteiger partial charge >= 0.3 is 0 Å². The van der Waals surface area contributed by atoms with Crippen molar-refractivity contribution in [3.63, 3.8) is 0 Å². The fraction of sp³-hybridized carbons (Fsp3) is 0.304. The van der Waals surface area contributed by atoms with Crippen molar-refractivity contribution in [1.82, 2.24) is 20.6 Å². The molecule has 0 saturated heterocycles. The Labute approximate surface area is 185 Å². The molecule has 9 nitrogen and oxygen atoms in total. The predicted octanol–water partition coefficient (Wildman–Crippen LogP) is 2.68. The number of nitrogens with zero attached hydrogens (tertiary/aromatic N) is 2. The van der Waals surface area contributed by atoms with Crippen molar-refractivity contribution < 1.29 is 19.1 Å². The molecule has 0 aliphatic rings. The first-order valence-electron chi connectivity index (χ1n) is 10.3. The fourth-order valence-electron chi connectivity index (χ4n) is 3.25.